The number of carbonyl (C=O) groups excluding carboxylic acids is 4. The molecule has 3 aliphatic rings. The molecule has 2 aromatic carbocycles. The Bertz CT molecular complexity index is 2130. The number of nitrogens with zero attached hydrogens (tertiary/aromatic N) is 4. The molecule has 3 fully saturated rings. The van der Waals surface area contributed by atoms with Gasteiger partial charge in [0, 0.05) is 89.0 Å². The number of halogens is 3. The number of likely N-dealkylation sites (tertiary alicyclic amines) is 1. The molecule has 3 aromatic rings. The van der Waals surface area contributed by atoms with Gasteiger partial charge in [-0.25, -0.2) is 34.6 Å². The summed E-state index contributed by atoms with van der Waals surface area (Å²) in [5, 5.41) is 6.01. The number of amides is 5. The molecule has 0 aliphatic carbocycles. The van der Waals surface area contributed by atoms with Gasteiger partial charge in [-0.2, -0.15) is 8.42 Å². The van der Waals surface area contributed by atoms with Gasteiger partial charge in [0.05, 0.1) is 17.0 Å². The van der Waals surface area contributed by atoms with Gasteiger partial charge in [-0.3, -0.25) is 23.8 Å². The van der Waals surface area contributed by atoms with Crippen molar-refractivity contribution in [3.8, 4) is 11.3 Å². The van der Waals surface area contributed by atoms with Gasteiger partial charge >= 0.3 is 6.03 Å². The number of hydrogen-bond donors (Lipinski definition) is 4. The fourth-order valence-electron chi connectivity index (χ4n) is 7.88. The number of imide groups is 1. The quantitative estimate of drug-likeness (QED) is 0.0886. The first-order chi connectivity index (χ1) is 28.6. The van der Waals surface area contributed by atoms with Crippen LogP contribution in [0.3, 0.4) is 0 Å². The molecule has 0 unspecified atom stereocenters. The Morgan fingerprint density at radius 3 is 2.52 bits per heavy atom. The molecule has 60 heavy (non-hydrogen) atoms. The highest BCUT2D eigenvalue weighted by molar-refractivity contribution is 8.20. The molecule has 324 valence electrons. The lowest BCUT2D eigenvalue weighted by Gasteiger charge is -2.40. The number of hydrogen-bond acceptors (Lipinski definition) is 10. The van der Waals surface area contributed by atoms with Crippen LogP contribution in [-0.2, 0) is 35.8 Å². The molecule has 4 heterocycles. The monoisotopic (exact) mass is 875 g/mol. The summed E-state index contributed by atoms with van der Waals surface area (Å²) in [6.45, 7) is 2.05. The van der Waals surface area contributed by atoms with E-state index in [-0.39, 0.29) is 56.3 Å². The van der Waals surface area contributed by atoms with Crippen molar-refractivity contribution in [1.29, 1.82) is 0 Å². The van der Waals surface area contributed by atoms with Crippen molar-refractivity contribution >= 4 is 52.6 Å². The summed E-state index contributed by atoms with van der Waals surface area (Å²) in [6.07, 6.45) is 0.451. The molecule has 5 amide bonds. The van der Waals surface area contributed by atoms with Crippen LogP contribution < -0.4 is 16.0 Å². The molecule has 21 heteroatoms. The molecule has 0 bridgehead atoms. The second kappa shape index (κ2) is 20.0. The van der Waals surface area contributed by atoms with Crippen LogP contribution in [0, 0.1) is 23.5 Å². The predicted octanol–water partition coefficient (Wildman–Crippen LogP) is 2.47. The van der Waals surface area contributed by atoms with Gasteiger partial charge in [-0.15, -0.1) is 0 Å². The zero-order chi connectivity index (χ0) is 43.1. The first kappa shape index (κ1) is 45.1. The molecule has 6 rings (SSSR count). The summed E-state index contributed by atoms with van der Waals surface area (Å²) in [6, 6.07) is 10.3. The fraction of sp³-hybridized carbons (Fsp3) is 0.513. The van der Waals surface area contributed by atoms with Crippen LogP contribution in [0.1, 0.15) is 50.0 Å². The maximum Gasteiger partial charge on any atom is 0.318 e. The number of imidazole rings is 1. The van der Waals surface area contributed by atoms with E-state index in [4.69, 9.17) is 9.72 Å². The highest BCUT2D eigenvalue weighted by Crippen LogP contribution is 2.38. The summed E-state index contributed by atoms with van der Waals surface area (Å²) in [5.74, 6) is -3.88. The Kier molecular flexibility index (Phi) is 15.0. The van der Waals surface area contributed by atoms with Crippen molar-refractivity contribution in [3.63, 3.8) is 0 Å². The third-order valence-electron chi connectivity index (χ3n) is 11.2. The average molecular weight is 876 g/mol. The summed E-state index contributed by atoms with van der Waals surface area (Å²) < 4.78 is 87.1. The Labute approximate surface area is 351 Å². The second-order valence-electron chi connectivity index (χ2n) is 15.5. The number of alkyl halides is 1. The average Bonchev–Trinajstić information content (AvgIpc) is 3.90. The molecule has 3 saturated heterocycles. The van der Waals surface area contributed by atoms with Gasteiger partial charge in [0.2, 0.25) is 17.7 Å². The largest absolute Gasteiger partial charge is 0.381 e. The van der Waals surface area contributed by atoms with Crippen molar-refractivity contribution in [3.05, 3.63) is 77.8 Å². The highest BCUT2D eigenvalue weighted by Gasteiger charge is 2.43. The molecule has 1 aromatic heterocycles. The minimum Gasteiger partial charge on any atom is -0.381 e. The maximum atomic E-state index is 15.4. The lowest BCUT2D eigenvalue weighted by Crippen LogP contribution is -2.53. The molecule has 15 nitrogen and oxygen atoms in total. The van der Waals surface area contributed by atoms with Gasteiger partial charge in [0.25, 0.3) is 10.1 Å². The predicted molar refractivity (Wildman–Crippen MR) is 220 cm³/mol. The molecular formula is C39H49BF3N7O8S2. The molecule has 4 N–H and O–H groups in total. The SMILES string of the molecule is BS[C@@H]1CC(=O)N(C[C@@H](CC(=O)NC[C@H](C)NC(=O)N(C[C@@H]2CNC[C@@H]2F)[C@@H](c2nc(-c3cc(F)ccc3F)cn2Cc2ccccc2)C2CCOCC2)S(=O)(=O)O)C1=O. The van der Waals surface area contributed by atoms with E-state index in [1.165, 1.54) is 4.90 Å². The van der Waals surface area contributed by atoms with E-state index in [9.17, 15) is 36.5 Å². The minimum atomic E-state index is -4.88. The van der Waals surface area contributed by atoms with Crippen LogP contribution in [0.5, 0.6) is 0 Å². The van der Waals surface area contributed by atoms with Gasteiger partial charge in [0.1, 0.15) is 28.9 Å². The second-order valence-corrected chi connectivity index (χ2v) is 18.2. The smallest absolute Gasteiger partial charge is 0.318 e. The maximum absolute atomic E-state index is 15.4. The molecule has 3 aliphatic heterocycles. The van der Waals surface area contributed by atoms with Gasteiger partial charge in [0.15, 0.2) is 7.12 Å². The van der Waals surface area contributed by atoms with Gasteiger partial charge in [-0.1, -0.05) is 30.3 Å². The summed E-state index contributed by atoms with van der Waals surface area (Å²) in [7, 11) is -3.24. The van der Waals surface area contributed by atoms with E-state index < -0.39 is 93.1 Å². The summed E-state index contributed by atoms with van der Waals surface area (Å²) >= 11 is 1.13. The van der Waals surface area contributed by atoms with E-state index in [0.29, 0.717) is 31.9 Å². The molecule has 0 saturated carbocycles. The van der Waals surface area contributed by atoms with Crippen molar-refractivity contribution < 1.29 is 50.1 Å². The van der Waals surface area contributed by atoms with Crippen LogP contribution in [0.25, 0.3) is 11.3 Å². The van der Waals surface area contributed by atoms with Crippen molar-refractivity contribution in [2.24, 2.45) is 11.8 Å². The fourth-order valence-corrected chi connectivity index (χ4v) is 9.21. The highest BCUT2D eigenvalue weighted by atomic mass is 32.2. The first-order valence-corrected chi connectivity index (χ1v) is 22.6. The van der Waals surface area contributed by atoms with E-state index in [0.717, 1.165) is 40.3 Å². The Morgan fingerprint density at radius 2 is 1.87 bits per heavy atom. The third-order valence-corrected chi connectivity index (χ3v) is 13.2. The Morgan fingerprint density at radius 1 is 1.13 bits per heavy atom. The topological polar surface area (TPSA) is 192 Å². The van der Waals surface area contributed by atoms with Gasteiger partial charge < -0.3 is 30.2 Å². The van der Waals surface area contributed by atoms with Crippen LogP contribution in [-0.4, -0.2) is 132 Å². The molecular weight excluding hydrogens is 826 g/mol. The summed E-state index contributed by atoms with van der Waals surface area (Å²) in [4.78, 5) is 59.9. The summed E-state index contributed by atoms with van der Waals surface area (Å²) in [5.41, 5.74) is 0.941. The minimum absolute atomic E-state index is 0.0513. The van der Waals surface area contributed by atoms with Crippen molar-refractivity contribution in [2.75, 3.05) is 45.9 Å². The number of nitrogens with one attached hydrogen (secondary N) is 3. The third kappa shape index (κ3) is 11.1. The van der Waals surface area contributed by atoms with Crippen molar-refractivity contribution in [1.82, 2.24) is 35.3 Å². The zero-order valence-corrected chi connectivity index (χ0v) is 34.9. The lowest BCUT2D eigenvalue weighted by molar-refractivity contribution is -0.138. The van der Waals surface area contributed by atoms with Crippen LogP contribution in [0.4, 0.5) is 18.0 Å². The standard InChI is InChI=1S/C39H49BF3N7O8S2/c1-23(16-45-34(51)14-28(60(55,56)57)21-49-35(52)15-33(59-40)38(49)53)46-39(54)50(20-26-17-44-18-31(26)43)36(25-9-11-58-12-10-25)37-47-32(29-13-27(41)7-8-30(29)42)22-48(37)19-24-5-3-2-4-6-24/h2-8,13,22-23,25-26,28,31,33,36,44H,9-12,14-21,40H2,1H3,(H,45,51)(H,46,54)(H,55,56,57)/t23-,26-,28+,31-,33+,36+/m0/s1. The van der Waals surface area contributed by atoms with Gasteiger partial charge in [-0.05, 0) is 49.4 Å². The molecule has 6 atom stereocenters. The molecule has 0 spiro atoms. The van der Waals surface area contributed by atoms with Crippen LogP contribution in [0.2, 0.25) is 0 Å². The zero-order valence-electron chi connectivity index (χ0n) is 33.3. The Balaban J connectivity index is 1.27. The first-order valence-electron chi connectivity index (χ1n) is 19.8. The number of aromatic nitrogens is 2. The number of urea groups is 1. The van der Waals surface area contributed by atoms with Crippen molar-refractivity contribution in [2.45, 2.75) is 67.9 Å². The number of ether oxygens (including phenoxy) is 1. The number of benzene rings is 2. The van der Waals surface area contributed by atoms with Crippen LogP contribution >= 0.6 is 11.6 Å². The van der Waals surface area contributed by atoms with E-state index in [1.807, 2.05) is 30.3 Å². The van der Waals surface area contributed by atoms with E-state index >= 15 is 8.78 Å². The molecule has 0 radical (unpaired) electrons. The normalized spacial score (nSPS) is 21.5. The Hall–Kier alpha value is -4.44. The van der Waals surface area contributed by atoms with E-state index in [1.54, 1.807) is 24.8 Å². The number of carbonyl (C=O) groups is 4. The number of rotatable bonds is 17. The lowest BCUT2D eigenvalue weighted by atomic mass is 9.89. The van der Waals surface area contributed by atoms with E-state index in [2.05, 4.69) is 16.0 Å². The van der Waals surface area contributed by atoms with Crippen LogP contribution in [0.15, 0.2) is 54.7 Å².